The maximum absolute atomic E-state index is 6.42. The topological polar surface area (TPSA) is 35.2 Å². The number of benzene rings is 1. The molecular weight excluding hydrogens is 290 g/mol. The molecule has 2 rings (SSSR count). The Morgan fingerprint density at radius 2 is 2.06 bits per heavy atom. The number of ether oxygens (including phenoxy) is 1. The third-order valence-corrected chi connectivity index (χ3v) is 4.93. The van der Waals surface area contributed by atoms with Crippen LogP contribution in [0.4, 0.5) is 0 Å². The van der Waals surface area contributed by atoms with Crippen molar-refractivity contribution in [2.75, 3.05) is 7.11 Å². The van der Waals surface area contributed by atoms with Gasteiger partial charge in [-0.3, -0.25) is 0 Å². The summed E-state index contributed by atoms with van der Waals surface area (Å²) in [6.45, 7) is 2.34. The molecule has 0 radical (unpaired) electrons. The van der Waals surface area contributed by atoms with E-state index in [1.165, 1.54) is 31.2 Å². The van der Waals surface area contributed by atoms with Crippen molar-refractivity contribution in [2.45, 2.75) is 45.1 Å². The van der Waals surface area contributed by atoms with Gasteiger partial charge in [-0.2, -0.15) is 0 Å². The van der Waals surface area contributed by atoms with Gasteiger partial charge in [0.1, 0.15) is 5.75 Å². The molecule has 1 aromatic rings. The van der Waals surface area contributed by atoms with Gasteiger partial charge in [-0.05, 0) is 58.3 Å². The summed E-state index contributed by atoms with van der Waals surface area (Å²) in [7, 11) is 1.69. The van der Waals surface area contributed by atoms with Crippen LogP contribution in [0.15, 0.2) is 22.7 Å². The zero-order chi connectivity index (χ0) is 13.2. The molecule has 1 unspecified atom stereocenters. The first-order valence-electron chi connectivity index (χ1n) is 6.63. The summed E-state index contributed by atoms with van der Waals surface area (Å²) in [4.78, 5) is 0. The zero-order valence-electron chi connectivity index (χ0n) is 11.2. The van der Waals surface area contributed by atoms with Crippen LogP contribution >= 0.6 is 15.9 Å². The van der Waals surface area contributed by atoms with Crippen molar-refractivity contribution < 1.29 is 4.74 Å². The average Bonchev–Trinajstić information content (AvgIpc) is 2.78. The minimum atomic E-state index is 0.250. The first-order valence-corrected chi connectivity index (χ1v) is 7.42. The lowest BCUT2D eigenvalue weighted by Gasteiger charge is -2.31. The molecule has 1 aliphatic rings. The van der Waals surface area contributed by atoms with Gasteiger partial charge in [0.15, 0.2) is 0 Å². The minimum absolute atomic E-state index is 0.250. The van der Waals surface area contributed by atoms with E-state index < -0.39 is 0 Å². The van der Waals surface area contributed by atoms with E-state index in [-0.39, 0.29) is 6.04 Å². The van der Waals surface area contributed by atoms with Gasteiger partial charge in [-0.25, -0.2) is 0 Å². The van der Waals surface area contributed by atoms with Crippen molar-refractivity contribution in [3.63, 3.8) is 0 Å². The molecule has 0 spiro atoms. The second-order valence-corrected chi connectivity index (χ2v) is 6.49. The van der Waals surface area contributed by atoms with Crippen LogP contribution in [-0.2, 0) is 6.42 Å². The Hall–Kier alpha value is -0.540. The fraction of sp³-hybridized carbons (Fsp3) is 0.600. The molecule has 2 nitrogen and oxygen atoms in total. The van der Waals surface area contributed by atoms with E-state index in [9.17, 15) is 0 Å². The van der Waals surface area contributed by atoms with E-state index in [1.54, 1.807) is 7.11 Å². The Labute approximate surface area is 118 Å². The molecule has 1 fully saturated rings. The van der Waals surface area contributed by atoms with Gasteiger partial charge in [0.2, 0.25) is 0 Å². The molecule has 0 aliphatic heterocycles. The van der Waals surface area contributed by atoms with Gasteiger partial charge >= 0.3 is 0 Å². The molecular formula is C15H22BrNO. The molecule has 0 aromatic heterocycles. The highest BCUT2D eigenvalue weighted by Gasteiger charge is 2.34. The lowest BCUT2D eigenvalue weighted by atomic mass is 9.78. The summed E-state index contributed by atoms with van der Waals surface area (Å²) in [5, 5.41) is 0. The molecule has 1 atom stereocenters. The van der Waals surface area contributed by atoms with Gasteiger partial charge in [-0.15, -0.1) is 0 Å². The predicted molar refractivity (Wildman–Crippen MR) is 78.9 cm³/mol. The van der Waals surface area contributed by atoms with E-state index in [1.807, 2.05) is 6.07 Å². The van der Waals surface area contributed by atoms with E-state index in [0.717, 1.165) is 16.6 Å². The van der Waals surface area contributed by atoms with Gasteiger partial charge in [-0.1, -0.05) is 25.8 Å². The van der Waals surface area contributed by atoms with E-state index in [4.69, 9.17) is 10.5 Å². The Balaban J connectivity index is 2.07. The molecule has 0 heterocycles. The molecule has 2 N–H and O–H groups in total. The highest BCUT2D eigenvalue weighted by atomic mass is 79.9. The maximum atomic E-state index is 6.42. The fourth-order valence-corrected chi connectivity index (χ4v) is 3.48. The van der Waals surface area contributed by atoms with Crippen molar-refractivity contribution in [1.82, 2.24) is 0 Å². The second-order valence-electron chi connectivity index (χ2n) is 5.64. The first-order chi connectivity index (χ1) is 8.55. The van der Waals surface area contributed by atoms with Crippen molar-refractivity contribution in [2.24, 2.45) is 11.1 Å². The third kappa shape index (κ3) is 2.89. The second kappa shape index (κ2) is 5.62. The normalized spacial score (nSPS) is 19.8. The molecule has 0 saturated heterocycles. The van der Waals surface area contributed by atoms with Gasteiger partial charge in [0, 0.05) is 6.04 Å². The first kappa shape index (κ1) is 13.9. The highest BCUT2D eigenvalue weighted by molar-refractivity contribution is 9.10. The highest BCUT2D eigenvalue weighted by Crippen LogP contribution is 2.41. The smallest absolute Gasteiger partial charge is 0.133 e. The van der Waals surface area contributed by atoms with Crippen molar-refractivity contribution in [3.8, 4) is 5.75 Å². The van der Waals surface area contributed by atoms with Gasteiger partial charge < -0.3 is 10.5 Å². The zero-order valence-corrected chi connectivity index (χ0v) is 12.8. The number of halogens is 1. The number of rotatable bonds is 4. The van der Waals surface area contributed by atoms with Crippen LogP contribution in [0, 0.1) is 5.41 Å². The number of nitrogens with two attached hydrogens (primary N) is 1. The predicted octanol–water partition coefficient (Wildman–Crippen LogP) is 3.91. The molecule has 3 heteroatoms. The molecule has 1 saturated carbocycles. The molecule has 100 valence electrons. The number of hydrogen-bond donors (Lipinski definition) is 1. The fourth-order valence-electron chi connectivity index (χ4n) is 2.89. The summed E-state index contributed by atoms with van der Waals surface area (Å²) in [5.41, 5.74) is 8.03. The Morgan fingerprint density at radius 3 is 2.61 bits per heavy atom. The SMILES string of the molecule is COc1ccc(CC(N)C2(C)CCCC2)cc1Br. The monoisotopic (exact) mass is 311 g/mol. The van der Waals surface area contributed by atoms with Crippen LogP contribution in [0.1, 0.15) is 38.2 Å². The number of methoxy groups -OCH3 is 1. The summed E-state index contributed by atoms with van der Waals surface area (Å²) in [6.07, 6.45) is 6.14. The Morgan fingerprint density at radius 1 is 1.39 bits per heavy atom. The maximum Gasteiger partial charge on any atom is 0.133 e. The van der Waals surface area contributed by atoms with Crippen molar-refractivity contribution in [1.29, 1.82) is 0 Å². The molecule has 1 aromatic carbocycles. The standard InChI is InChI=1S/C15H22BrNO/c1-15(7-3-4-8-15)14(17)10-11-5-6-13(18-2)12(16)9-11/h5-6,9,14H,3-4,7-8,10,17H2,1-2H3. The molecule has 0 bridgehead atoms. The van der Waals surface area contributed by atoms with Crippen LogP contribution in [0.25, 0.3) is 0 Å². The lowest BCUT2D eigenvalue weighted by Crippen LogP contribution is -2.39. The van der Waals surface area contributed by atoms with Crippen LogP contribution in [0.2, 0.25) is 0 Å². The molecule has 1 aliphatic carbocycles. The van der Waals surface area contributed by atoms with Crippen molar-refractivity contribution in [3.05, 3.63) is 28.2 Å². The average molecular weight is 312 g/mol. The van der Waals surface area contributed by atoms with Crippen LogP contribution < -0.4 is 10.5 Å². The van der Waals surface area contributed by atoms with Gasteiger partial charge in [0.05, 0.1) is 11.6 Å². The third-order valence-electron chi connectivity index (χ3n) is 4.31. The van der Waals surface area contributed by atoms with E-state index >= 15 is 0 Å². The minimum Gasteiger partial charge on any atom is -0.496 e. The Bertz CT molecular complexity index is 413. The summed E-state index contributed by atoms with van der Waals surface area (Å²) in [6, 6.07) is 6.49. The summed E-state index contributed by atoms with van der Waals surface area (Å²) in [5.74, 6) is 0.874. The number of hydrogen-bond acceptors (Lipinski definition) is 2. The quantitative estimate of drug-likeness (QED) is 0.915. The van der Waals surface area contributed by atoms with Crippen LogP contribution in [0.5, 0.6) is 5.75 Å². The lowest BCUT2D eigenvalue weighted by molar-refractivity contribution is 0.260. The van der Waals surface area contributed by atoms with E-state index in [0.29, 0.717) is 5.41 Å². The molecule has 18 heavy (non-hydrogen) atoms. The largest absolute Gasteiger partial charge is 0.496 e. The Kier molecular flexibility index (Phi) is 4.33. The molecule has 0 amide bonds. The van der Waals surface area contributed by atoms with Crippen molar-refractivity contribution >= 4 is 15.9 Å². The van der Waals surface area contributed by atoms with Crippen LogP contribution in [-0.4, -0.2) is 13.2 Å². The van der Waals surface area contributed by atoms with Gasteiger partial charge in [0.25, 0.3) is 0 Å². The van der Waals surface area contributed by atoms with E-state index in [2.05, 4.69) is 35.0 Å². The summed E-state index contributed by atoms with van der Waals surface area (Å²) >= 11 is 3.53. The summed E-state index contributed by atoms with van der Waals surface area (Å²) < 4.78 is 6.25. The van der Waals surface area contributed by atoms with Crippen LogP contribution in [0.3, 0.4) is 0 Å².